The van der Waals surface area contributed by atoms with Gasteiger partial charge in [-0.25, -0.2) is 8.78 Å². The number of hydrogen-bond acceptors (Lipinski definition) is 6. The third kappa shape index (κ3) is 4.32. The summed E-state index contributed by atoms with van der Waals surface area (Å²) in [5.41, 5.74) is -2.13. The van der Waals surface area contributed by atoms with E-state index >= 15 is 0 Å². The van der Waals surface area contributed by atoms with Gasteiger partial charge >= 0.3 is 0 Å². The Balaban J connectivity index is 1.77. The molecule has 2 aromatic carbocycles. The van der Waals surface area contributed by atoms with Crippen LogP contribution >= 0.6 is 0 Å². The van der Waals surface area contributed by atoms with E-state index in [-0.39, 0.29) is 32.9 Å². The van der Waals surface area contributed by atoms with Gasteiger partial charge in [0.15, 0.2) is 11.3 Å². The molecule has 0 saturated heterocycles. The van der Waals surface area contributed by atoms with E-state index in [0.29, 0.717) is 4.90 Å². The highest BCUT2D eigenvalue weighted by molar-refractivity contribution is 6.06. The van der Waals surface area contributed by atoms with E-state index in [9.17, 15) is 23.2 Å². The Kier molecular flexibility index (Phi) is 4.78. The van der Waals surface area contributed by atoms with Crippen molar-refractivity contribution in [3.8, 4) is 11.5 Å². The van der Waals surface area contributed by atoms with Gasteiger partial charge in [0, 0.05) is 34.3 Å². The van der Waals surface area contributed by atoms with Crippen LogP contribution in [0.2, 0.25) is 0 Å². The molecule has 1 aromatic heterocycles. The molecule has 0 aliphatic carbocycles. The molecule has 1 aliphatic heterocycles. The van der Waals surface area contributed by atoms with Gasteiger partial charge in [-0.15, -0.1) is 0 Å². The molecule has 9 nitrogen and oxygen atoms in total. The van der Waals surface area contributed by atoms with Crippen molar-refractivity contribution in [3.63, 3.8) is 0 Å². The summed E-state index contributed by atoms with van der Waals surface area (Å²) in [7, 11) is 1.29. The van der Waals surface area contributed by atoms with Crippen LogP contribution in [0.1, 0.15) is 31.3 Å². The highest BCUT2D eigenvalue weighted by Crippen LogP contribution is 2.38. The first-order valence-corrected chi connectivity index (χ1v) is 10.6. The first-order chi connectivity index (χ1) is 19.5. The fourth-order valence-corrected chi connectivity index (χ4v) is 3.87. The second kappa shape index (κ2) is 9.48. The summed E-state index contributed by atoms with van der Waals surface area (Å²) in [5, 5.41) is 2.50. The zero-order chi connectivity index (χ0) is 31.2. The molecule has 2 heterocycles. The summed E-state index contributed by atoms with van der Waals surface area (Å²) in [4.78, 5) is 41.0. The van der Waals surface area contributed by atoms with E-state index in [4.69, 9.17) is 22.1 Å². The molecule has 0 unspecified atom stereocenters. The number of benzene rings is 2. The Hall–Kier alpha value is -4.15. The maximum atomic E-state index is 14.5. The topological polar surface area (TPSA) is 101 Å². The van der Waals surface area contributed by atoms with Crippen LogP contribution in [0, 0.1) is 11.6 Å². The molecular weight excluding hydrogens is 476 g/mol. The fourth-order valence-electron chi connectivity index (χ4n) is 3.87. The smallest absolute Gasteiger partial charge is 0.295 e. The van der Waals surface area contributed by atoms with E-state index in [2.05, 4.69) is 5.32 Å². The maximum Gasteiger partial charge on any atom is 0.295 e. The number of hydrogen-bond donors (Lipinski definition) is 1. The van der Waals surface area contributed by atoms with Crippen molar-refractivity contribution in [1.82, 2.24) is 15.1 Å². The monoisotopic (exact) mass is 507 g/mol. The van der Waals surface area contributed by atoms with Gasteiger partial charge < -0.3 is 29.0 Å². The largest absolute Gasteiger partial charge is 0.496 e. The number of amides is 3. The molecule has 1 atom stereocenters. The minimum atomic E-state index is -3.43. The van der Waals surface area contributed by atoms with Crippen LogP contribution in [-0.2, 0) is 16.1 Å². The highest BCUT2D eigenvalue weighted by Gasteiger charge is 2.48. The Morgan fingerprint density at radius 3 is 2.78 bits per heavy atom. The number of halogens is 2. The molecule has 190 valence electrons. The number of rotatable bonds is 6. The van der Waals surface area contributed by atoms with Crippen molar-refractivity contribution >= 4 is 28.7 Å². The molecule has 1 N–H and O–H groups in total. The van der Waals surface area contributed by atoms with Gasteiger partial charge in [-0.3, -0.25) is 14.4 Å². The molecule has 0 bridgehead atoms. The van der Waals surface area contributed by atoms with Crippen molar-refractivity contribution in [1.29, 1.82) is 0 Å². The van der Waals surface area contributed by atoms with E-state index in [1.807, 2.05) is 0 Å². The molecule has 3 amide bonds. The van der Waals surface area contributed by atoms with E-state index in [1.54, 1.807) is 0 Å². The fraction of sp³-hybridized carbons (Fsp3) is 0.320. The van der Waals surface area contributed by atoms with Crippen LogP contribution in [0.5, 0.6) is 11.5 Å². The van der Waals surface area contributed by atoms with Crippen molar-refractivity contribution < 1.29 is 45.3 Å². The third-order valence-electron chi connectivity index (χ3n) is 5.89. The predicted molar refractivity (Wildman–Crippen MR) is 125 cm³/mol. The van der Waals surface area contributed by atoms with Crippen LogP contribution in [0.3, 0.4) is 0 Å². The zero-order valence-corrected chi connectivity index (χ0v) is 19.2. The summed E-state index contributed by atoms with van der Waals surface area (Å²) in [6, 6.07) is 7.30. The van der Waals surface area contributed by atoms with Crippen LogP contribution in [-0.4, -0.2) is 67.3 Å². The normalized spacial score (nSPS) is 20.4. The Morgan fingerprint density at radius 2 is 2.06 bits per heavy atom. The van der Waals surface area contributed by atoms with Gasteiger partial charge in [0.2, 0.25) is 17.6 Å². The number of fused-ring (bicyclic) bond motifs is 3. The lowest BCUT2D eigenvalue weighted by atomic mass is 9.98. The van der Waals surface area contributed by atoms with Gasteiger partial charge in [0.1, 0.15) is 36.1 Å². The number of likely N-dealkylation sites (N-methyl/N-ethyl adjacent to an activating group) is 1. The molecule has 0 saturated carbocycles. The molecule has 0 spiro atoms. The average Bonchev–Trinajstić information content (AvgIpc) is 3.20. The van der Waals surface area contributed by atoms with Crippen LogP contribution in [0.25, 0.3) is 11.0 Å². The lowest BCUT2D eigenvalue weighted by molar-refractivity contribution is -0.137. The molecule has 4 rings (SSSR count). The average molecular weight is 508 g/mol. The van der Waals surface area contributed by atoms with Gasteiger partial charge in [0.05, 0.1) is 12.5 Å². The second-order valence-corrected chi connectivity index (χ2v) is 8.19. The minimum absolute atomic E-state index is 0.0346. The van der Waals surface area contributed by atoms with Gasteiger partial charge in [0.25, 0.3) is 5.91 Å². The Bertz CT molecular complexity index is 1550. The van der Waals surface area contributed by atoms with E-state index < -0.39 is 74.3 Å². The summed E-state index contributed by atoms with van der Waals surface area (Å²) in [6.07, 6.45) is 0. The van der Waals surface area contributed by atoms with Crippen molar-refractivity contribution in [2.24, 2.45) is 0 Å². The molecule has 36 heavy (non-hydrogen) atoms. The molecule has 3 aromatic rings. The van der Waals surface area contributed by atoms with Gasteiger partial charge in [-0.1, -0.05) is 6.07 Å². The molecule has 11 heteroatoms. The maximum absolute atomic E-state index is 14.5. The van der Waals surface area contributed by atoms with E-state index in [0.717, 1.165) is 18.2 Å². The number of carbonyl (C=O) groups excluding carboxylic acids is 3. The molecular formula is C25H25F2N3O6. The van der Waals surface area contributed by atoms with Crippen molar-refractivity contribution in [2.75, 3.05) is 34.2 Å². The Morgan fingerprint density at radius 1 is 1.28 bits per heavy atom. The van der Waals surface area contributed by atoms with E-state index in [1.165, 1.54) is 32.2 Å². The number of furan rings is 1. The van der Waals surface area contributed by atoms with Gasteiger partial charge in [-0.2, -0.15) is 0 Å². The number of carbonyl (C=O) groups is 3. The first-order valence-electron chi connectivity index (χ1n) is 13.6. The zero-order valence-electron chi connectivity index (χ0n) is 25.2. The van der Waals surface area contributed by atoms with Crippen molar-refractivity contribution in [2.45, 2.75) is 19.0 Å². The van der Waals surface area contributed by atoms with Crippen LogP contribution < -0.4 is 14.8 Å². The second-order valence-electron chi connectivity index (χ2n) is 8.19. The van der Waals surface area contributed by atoms with Crippen LogP contribution in [0.15, 0.2) is 40.8 Å². The molecule has 0 radical (unpaired) electrons. The molecule has 0 fully saturated rings. The Labute approximate surface area is 214 Å². The lowest BCUT2D eigenvalue weighted by Crippen LogP contribution is -2.62. The lowest BCUT2D eigenvalue weighted by Gasteiger charge is -2.37. The molecule has 1 aliphatic rings. The quantitative estimate of drug-likeness (QED) is 0.551. The van der Waals surface area contributed by atoms with Gasteiger partial charge in [-0.05, 0) is 37.3 Å². The summed E-state index contributed by atoms with van der Waals surface area (Å²) < 4.78 is 90.4. The summed E-state index contributed by atoms with van der Waals surface area (Å²) in [5.74, 6) is -5.74. The summed E-state index contributed by atoms with van der Waals surface area (Å²) >= 11 is 0. The standard InChI is InChI=1S/C25H25F2N3O6/c1-25(24(33)28-11-16-17(27)6-5-7-18(16)34-4)13-35-21-15-10-14(26)8-9-19(15)36-22(21)23(32)30(25)12-20(31)29(2)3/h5-10H,11-13H2,1-4H3,(H,28,33)/t25-/m1/s1/i2D3,3D3. The third-order valence-corrected chi connectivity index (χ3v) is 5.89. The van der Waals surface area contributed by atoms with Crippen molar-refractivity contribution in [3.05, 3.63) is 59.4 Å². The number of nitrogens with one attached hydrogen (secondary N) is 1. The first kappa shape index (κ1) is 18.2. The minimum Gasteiger partial charge on any atom is -0.496 e. The SMILES string of the molecule is [2H]C([2H])([2H])N(C(=O)CN1C(=O)c2oc3ccc(F)cc3c2OC[C@]1(C)C(=O)NCc1c(F)cccc1OC)C([2H])([2H])[2H]. The predicted octanol–water partition coefficient (Wildman–Crippen LogP) is 2.72. The summed E-state index contributed by atoms with van der Waals surface area (Å²) in [6.45, 7) is -8.02. The number of methoxy groups -OCH3 is 1. The number of nitrogens with zero attached hydrogens (tertiary/aromatic N) is 2. The highest BCUT2D eigenvalue weighted by atomic mass is 19.1. The number of ether oxygens (including phenoxy) is 2. The van der Waals surface area contributed by atoms with Crippen LogP contribution in [0.4, 0.5) is 8.78 Å².